The van der Waals surface area contributed by atoms with Crippen LogP contribution in [0.5, 0.6) is 0 Å². The number of aromatic nitrogens is 2. The number of halogens is 1. The van der Waals surface area contributed by atoms with Gasteiger partial charge in [-0.15, -0.1) is 0 Å². The van der Waals surface area contributed by atoms with E-state index >= 15 is 0 Å². The summed E-state index contributed by atoms with van der Waals surface area (Å²) in [5.41, 5.74) is 1.54. The van der Waals surface area contributed by atoms with Crippen LogP contribution in [0.1, 0.15) is 27.2 Å². The quantitative estimate of drug-likeness (QED) is 0.533. The van der Waals surface area contributed by atoms with Crippen molar-refractivity contribution >= 4 is 16.9 Å². The molecule has 1 aromatic carbocycles. The van der Waals surface area contributed by atoms with Gasteiger partial charge >= 0.3 is 0 Å². The largest absolute Gasteiger partial charge is 0.460 e. The zero-order valence-corrected chi connectivity index (χ0v) is 16.4. The molecule has 4 aromatic rings. The van der Waals surface area contributed by atoms with Gasteiger partial charge in [-0.25, -0.2) is 4.39 Å². The van der Waals surface area contributed by atoms with Crippen molar-refractivity contribution < 1.29 is 13.6 Å². The van der Waals surface area contributed by atoms with E-state index in [0.29, 0.717) is 29.9 Å². The first kappa shape index (κ1) is 19.6. The summed E-state index contributed by atoms with van der Waals surface area (Å²) in [4.78, 5) is 29.9. The highest BCUT2D eigenvalue weighted by atomic mass is 19.1. The van der Waals surface area contributed by atoms with E-state index < -0.39 is 5.56 Å². The summed E-state index contributed by atoms with van der Waals surface area (Å²) in [6.45, 7) is 2.11. The summed E-state index contributed by atoms with van der Waals surface area (Å²) < 4.78 is 21.0. The molecule has 0 unspecified atom stereocenters. The van der Waals surface area contributed by atoms with E-state index in [2.05, 4.69) is 10.3 Å². The second-order valence-corrected chi connectivity index (χ2v) is 6.98. The van der Waals surface area contributed by atoms with Crippen molar-refractivity contribution in [2.75, 3.05) is 6.54 Å². The van der Waals surface area contributed by atoms with Gasteiger partial charge in [0.1, 0.15) is 17.2 Å². The lowest BCUT2D eigenvalue weighted by molar-refractivity contribution is 0.0954. The minimum absolute atomic E-state index is 0.0632. The lowest BCUT2D eigenvalue weighted by Crippen LogP contribution is -2.28. The highest BCUT2D eigenvalue weighted by Crippen LogP contribution is 2.22. The predicted molar refractivity (Wildman–Crippen MR) is 111 cm³/mol. The number of hydrogen-bond acceptors (Lipinski definition) is 4. The van der Waals surface area contributed by atoms with Crippen molar-refractivity contribution in [1.29, 1.82) is 0 Å². The Morgan fingerprint density at radius 3 is 2.80 bits per heavy atom. The summed E-state index contributed by atoms with van der Waals surface area (Å²) in [5, 5.41) is 3.04. The first-order valence-electron chi connectivity index (χ1n) is 9.57. The molecule has 0 atom stereocenters. The van der Waals surface area contributed by atoms with Crippen LogP contribution in [0.3, 0.4) is 0 Å². The van der Waals surface area contributed by atoms with Crippen LogP contribution < -0.4 is 10.9 Å². The smallest absolute Gasteiger partial charge is 0.262 e. The summed E-state index contributed by atoms with van der Waals surface area (Å²) in [6.07, 6.45) is 5.59. The number of fused-ring (bicyclic) bond motifs is 1. The summed E-state index contributed by atoms with van der Waals surface area (Å²) in [7, 11) is 0. The first-order valence-corrected chi connectivity index (χ1v) is 9.57. The Hall–Kier alpha value is -3.74. The van der Waals surface area contributed by atoms with Gasteiger partial charge < -0.3 is 14.3 Å². The number of pyridine rings is 2. The second-order valence-electron chi connectivity index (χ2n) is 6.98. The van der Waals surface area contributed by atoms with Crippen LogP contribution in [0.25, 0.3) is 11.0 Å². The normalized spacial score (nSPS) is 11.0. The average molecular weight is 405 g/mol. The number of carbonyl (C=O) groups excluding carboxylic acids is 1. The molecule has 0 aliphatic carbocycles. The van der Waals surface area contributed by atoms with Crippen LogP contribution in [-0.2, 0) is 13.0 Å². The molecule has 0 spiro atoms. The Labute approximate surface area is 172 Å². The monoisotopic (exact) mass is 405 g/mol. The fourth-order valence-corrected chi connectivity index (χ4v) is 3.43. The molecule has 4 rings (SSSR count). The number of furan rings is 1. The molecule has 1 amide bonds. The van der Waals surface area contributed by atoms with E-state index in [-0.39, 0.29) is 29.2 Å². The van der Waals surface area contributed by atoms with E-state index in [0.717, 1.165) is 5.56 Å². The van der Waals surface area contributed by atoms with Gasteiger partial charge in [-0.05, 0) is 37.1 Å². The fourth-order valence-electron chi connectivity index (χ4n) is 3.43. The van der Waals surface area contributed by atoms with E-state index in [1.807, 2.05) is 12.1 Å². The highest BCUT2D eigenvalue weighted by Gasteiger charge is 2.22. The Kier molecular flexibility index (Phi) is 5.43. The van der Waals surface area contributed by atoms with Gasteiger partial charge in [0.2, 0.25) is 0 Å². The predicted octanol–water partition coefficient (Wildman–Crippen LogP) is 3.46. The fraction of sp³-hybridized carbons (Fsp3) is 0.174. The minimum Gasteiger partial charge on any atom is -0.460 e. The van der Waals surface area contributed by atoms with Crippen LogP contribution >= 0.6 is 0 Å². The third-order valence-electron chi connectivity index (χ3n) is 4.94. The van der Waals surface area contributed by atoms with Crippen LogP contribution in [0.15, 0.2) is 70.3 Å². The van der Waals surface area contributed by atoms with Gasteiger partial charge in [0.05, 0.1) is 17.5 Å². The van der Waals surface area contributed by atoms with Crippen molar-refractivity contribution in [2.24, 2.45) is 0 Å². The van der Waals surface area contributed by atoms with Gasteiger partial charge in [0.15, 0.2) is 0 Å². The Morgan fingerprint density at radius 1 is 1.20 bits per heavy atom. The highest BCUT2D eigenvalue weighted by molar-refractivity contribution is 6.06. The van der Waals surface area contributed by atoms with E-state index in [9.17, 15) is 14.0 Å². The SMILES string of the molecule is Cc1oc2ccn(Cc3ccccc3F)c(=O)c2c1C(=O)NCCc1cccnc1. The molecular weight excluding hydrogens is 385 g/mol. The zero-order valence-electron chi connectivity index (χ0n) is 16.4. The topological polar surface area (TPSA) is 77.1 Å². The van der Waals surface area contributed by atoms with E-state index in [1.165, 1.54) is 10.6 Å². The molecule has 0 aliphatic heterocycles. The Bertz CT molecular complexity index is 1260. The lowest BCUT2D eigenvalue weighted by atomic mass is 10.1. The number of amides is 1. The molecule has 0 saturated carbocycles. The van der Waals surface area contributed by atoms with Crippen LogP contribution in [0.4, 0.5) is 4.39 Å². The molecule has 0 bridgehead atoms. The third kappa shape index (κ3) is 3.87. The van der Waals surface area contributed by atoms with Crippen molar-refractivity contribution in [1.82, 2.24) is 14.9 Å². The molecular formula is C23H20FN3O3. The van der Waals surface area contributed by atoms with Crippen LogP contribution in [-0.4, -0.2) is 22.0 Å². The van der Waals surface area contributed by atoms with Gasteiger partial charge in [0.25, 0.3) is 11.5 Å². The molecule has 1 N–H and O–H groups in total. The maximum atomic E-state index is 14.0. The second kappa shape index (κ2) is 8.32. The number of benzene rings is 1. The number of carbonyl (C=O) groups is 1. The number of rotatable bonds is 6. The van der Waals surface area contributed by atoms with E-state index in [4.69, 9.17) is 4.42 Å². The standard InChI is InChI=1S/C23H20FN3O3/c1-15-20(22(28)26-11-8-16-5-4-10-25-13-16)21-19(30-15)9-12-27(23(21)29)14-17-6-2-3-7-18(17)24/h2-7,9-10,12-13H,8,11,14H2,1H3,(H,26,28). The Morgan fingerprint density at radius 2 is 2.03 bits per heavy atom. The molecule has 30 heavy (non-hydrogen) atoms. The van der Waals surface area contributed by atoms with Crippen molar-refractivity contribution in [3.63, 3.8) is 0 Å². The molecule has 3 heterocycles. The van der Waals surface area contributed by atoms with Crippen LogP contribution in [0, 0.1) is 12.7 Å². The van der Waals surface area contributed by atoms with E-state index in [1.54, 1.807) is 49.8 Å². The van der Waals surface area contributed by atoms with Gasteiger partial charge in [-0.1, -0.05) is 24.3 Å². The van der Waals surface area contributed by atoms with Crippen molar-refractivity contribution in [3.05, 3.63) is 99.7 Å². The van der Waals surface area contributed by atoms with Crippen LogP contribution in [0.2, 0.25) is 0 Å². The van der Waals surface area contributed by atoms with Gasteiger partial charge in [0, 0.05) is 30.7 Å². The average Bonchev–Trinajstić information content (AvgIpc) is 3.09. The number of aryl methyl sites for hydroxylation is 1. The third-order valence-corrected chi connectivity index (χ3v) is 4.94. The summed E-state index contributed by atoms with van der Waals surface area (Å²) in [5.74, 6) is -0.401. The zero-order chi connectivity index (χ0) is 21.1. The molecule has 0 saturated heterocycles. The molecule has 3 aromatic heterocycles. The molecule has 0 radical (unpaired) electrons. The molecule has 0 aliphatic rings. The minimum atomic E-state index is -0.398. The number of nitrogens with one attached hydrogen (secondary N) is 1. The molecule has 6 nitrogen and oxygen atoms in total. The Balaban J connectivity index is 1.61. The summed E-state index contributed by atoms with van der Waals surface area (Å²) >= 11 is 0. The first-order chi connectivity index (χ1) is 14.5. The number of nitrogens with zero attached hydrogens (tertiary/aromatic N) is 2. The summed E-state index contributed by atoms with van der Waals surface area (Å²) in [6, 6.07) is 11.7. The molecule has 0 fully saturated rings. The lowest BCUT2D eigenvalue weighted by Gasteiger charge is -2.08. The maximum absolute atomic E-state index is 14.0. The van der Waals surface area contributed by atoms with Crippen molar-refractivity contribution in [2.45, 2.75) is 19.9 Å². The van der Waals surface area contributed by atoms with Gasteiger partial charge in [-0.2, -0.15) is 0 Å². The maximum Gasteiger partial charge on any atom is 0.262 e. The van der Waals surface area contributed by atoms with Gasteiger partial charge in [-0.3, -0.25) is 14.6 Å². The molecule has 7 heteroatoms. The van der Waals surface area contributed by atoms with Crippen molar-refractivity contribution in [3.8, 4) is 0 Å². The number of hydrogen-bond donors (Lipinski definition) is 1. The molecule has 152 valence electrons.